The van der Waals surface area contributed by atoms with Crippen LogP contribution in [0.3, 0.4) is 0 Å². The number of aryl methyl sites for hydroxylation is 1. The molecular formula is C21H21F2N3O. The maximum Gasteiger partial charge on any atom is 0.227 e. The molecule has 0 atom stereocenters. The summed E-state index contributed by atoms with van der Waals surface area (Å²) < 4.78 is 27.6. The van der Waals surface area contributed by atoms with Crippen LogP contribution >= 0.6 is 0 Å². The van der Waals surface area contributed by atoms with Gasteiger partial charge in [0.05, 0.1) is 12.1 Å². The molecule has 1 saturated heterocycles. The predicted molar refractivity (Wildman–Crippen MR) is 102 cm³/mol. The maximum atomic E-state index is 14.0. The molecule has 0 unspecified atom stereocenters. The summed E-state index contributed by atoms with van der Waals surface area (Å²) in [6.45, 7) is 4.17. The molecule has 0 aliphatic carbocycles. The molecule has 3 aromatic rings. The normalized spacial score (nSPS) is 14.8. The Morgan fingerprint density at radius 1 is 1.07 bits per heavy atom. The van der Waals surface area contributed by atoms with E-state index in [1.807, 2.05) is 17.9 Å². The van der Waals surface area contributed by atoms with Crippen LogP contribution in [0.2, 0.25) is 0 Å². The Hall–Kier alpha value is -2.89. The van der Waals surface area contributed by atoms with Crippen LogP contribution in [-0.4, -0.2) is 42.0 Å². The van der Waals surface area contributed by atoms with E-state index in [4.69, 9.17) is 0 Å². The molecule has 1 aliphatic rings. The van der Waals surface area contributed by atoms with Gasteiger partial charge in [-0.1, -0.05) is 12.1 Å². The summed E-state index contributed by atoms with van der Waals surface area (Å²) in [7, 11) is 0. The average Bonchev–Trinajstić information content (AvgIpc) is 2.97. The summed E-state index contributed by atoms with van der Waals surface area (Å²) in [5, 5.41) is 0.755. The first-order valence-corrected chi connectivity index (χ1v) is 9.07. The number of rotatable bonds is 3. The van der Waals surface area contributed by atoms with Crippen molar-refractivity contribution in [3.8, 4) is 0 Å². The van der Waals surface area contributed by atoms with Crippen LogP contribution in [0.1, 0.15) is 11.3 Å². The molecule has 4 nitrogen and oxygen atoms in total. The maximum absolute atomic E-state index is 14.0. The van der Waals surface area contributed by atoms with Crippen molar-refractivity contribution in [1.82, 2.24) is 9.88 Å². The Morgan fingerprint density at radius 3 is 2.56 bits per heavy atom. The van der Waals surface area contributed by atoms with Crippen LogP contribution in [0.15, 0.2) is 42.5 Å². The van der Waals surface area contributed by atoms with Gasteiger partial charge in [-0.25, -0.2) is 8.78 Å². The molecule has 4 rings (SSSR count). The highest BCUT2D eigenvalue weighted by Crippen LogP contribution is 2.25. The van der Waals surface area contributed by atoms with Crippen LogP contribution in [0, 0.1) is 18.6 Å². The number of amides is 1. The highest BCUT2D eigenvalue weighted by atomic mass is 19.1. The number of halogens is 2. The van der Waals surface area contributed by atoms with E-state index >= 15 is 0 Å². The van der Waals surface area contributed by atoms with Gasteiger partial charge in [0.1, 0.15) is 11.6 Å². The molecule has 1 fully saturated rings. The van der Waals surface area contributed by atoms with Gasteiger partial charge in [0.25, 0.3) is 0 Å². The molecule has 1 aliphatic heterocycles. The molecule has 0 bridgehead atoms. The highest BCUT2D eigenvalue weighted by molar-refractivity contribution is 5.90. The number of anilines is 1. The number of piperazine rings is 1. The largest absolute Gasteiger partial charge is 0.366 e. The van der Waals surface area contributed by atoms with Crippen molar-refractivity contribution >= 4 is 22.5 Å². The third-order valence-corrected chi connectivity index (χ3v) is 5.24. The summed E-state index contributed by atoms with van der Waals surface area (Å²) in [6.07, 6.45) is 0.231. The first kappa shape index (κ1) is 17.5. The fourth-order valence-electron chi connectivity index (χ4n) is 3.75. The minimum atomic E-state index is -0.311. The van der Waals surface area contributed by atoms with Gasteiger partial charge in [0, 0.05) is 42.8 Å². The molecule has 0 saturated carbocycles. The van der Waals surface area contributed by atoms with E-state index in [-0.39, 0.29) is 24.0 Å². The molecule has 2 heterocycles. The number of nitrogens with one attached hydrogen (secondary N) is 1. The molecule has 27 heavy (non-hydrogen) atoms. The van der Waals surface area contributed by atoms with Crippen molar-refractivity contribution in [1.29, 1.82) is 0 Å². The summed E-state index contributed by atoms with van der Waals surface area (Å²) in [4.78, 5) is 19.8. The van der Waals surface area contributed by atoms with Crippen LogP contribution < -0.4 is 4.90 Å². The Balaban J connectivity index is 1.45. The standard InChI is InChI=1S/C21H21F2N3O/c1-14-16(17-12-15(22)6-7-19(17)24-14)13-21(27)26-10-8-25(9-11-26)20-5-3-2-4-18(20)23/h2-7,12,24H,8-11,13H2,1H3. The van der Waals surface area contributed by atoms with Crippen molar-refractivity contribution in [3.63, 3.8) is 0 Å². The second kappa shape index (κ2) is 7.02. The molecule has 0 spiro atoms. The van der Waals surface area contributed by atoms with Crippen molar-refractivity contribution in [2.75, 3.05) is 31.1 Å². The van der Waals surface area contributed by atoms with Crippen molar-refractivity contribution in [2.45, 2.75) is 13.3 Å². The van der Waals surface area contributed by atoms with Gasteiger partial charge in [0.2, 0.25) is 5.91 Å². The summed E-state index contributed by atoms with van der Waals surface area (Å²) in [6, 6.07) is 11.3. The third kappa shape index (κ3) is 3.39. The fourth-order valence-corrected chi connectivity index (χ4v) is 3.75. The fraction of sp³-hybridized carbons (Fsp3) is 0.286. The smallest absolute Gasteiger partial charge is 0.227 e. The molecule has 140 valence electrons. The number of hydrogen-bond donors (Lipinski definition) is 1. The number of carbonyl (C=O) groups is 1. The molecular weight excluding hydrogens is 348 g/mol. The number of nitrogens with zero attached hydrogens (tertiary/aromatic N) is 2. The summed E-state index contributed by atoms with van der Waals surface area (Å²) in [5.74, 6) is -0.543. The number of benzene rings is 2. The zero-order chi connectivity index (χ0) is 19.0. The lowest BCUT2D eigenvalue weighted by Crippen LogP contribution is -2.49. The first-order valence-electron chi connectivity index (χ1n) is 9.07. The lowest BCUT2D eigenvalue weighted by atomic mass is 10.1. The molecule has 1 amide bonds. The van der Waals surface area contributed by atoms with Crippen molar-refractivity contribution < 1.29 is 13.6 Å². The third-order valence-electron chi connectivity index (χ3n) is 5.24. The van der Waals surface area contributed by atoms with Crippen molar-refractivity contribution in [2.24, 2.45) is 0 Å². The van der Waals surface area contributed by atoms with E-state index in [2.05, 4.69) is 4.98 Å². The van der Waals surface area contributed by atoms with Gasteiger partial charge >= 0.3 is 0 Å². The minimum Gasteiger partial charge on any atom is -0.366 e. The van der Waals surface area contributed by atoms with E-state index in [1.165, 1.54) is 18.2 Å². The molecule has 1 N–H and O–H groups in total. The van der Waals surface area contributed by atoms with Gasteiger partial charge in [-0.05, 0) is 42.8 Å². The van der Waals surface area contributed by atoms with Gasteiger partial charge in [0.15, 0.2) is 0 Å². The quantitative estimate of drug-likeness (QED) is 0.766. The Morgan fingerprint density at radius 2 is 1.81 bits per heavy atom. The molecule has 6 heteroatoms. The topological polar surface area (TPSA) is 39.3 Å². The van der Waals surface area contributed by atoms with E-state index in [9.17, 15) is 13.6 Å². The number of aromatic nitrogens is 1. The Bertz CT molecular complexity index is 990. The van der Waals surface area contributed by atoms with Crippen LogP contribution in [0.25, 0.3) is 10.9 Å². The zero-order valence-electron chi connectivity index (χ0n) is 15.1. The number of H-pyrrole nitrogens is 1. The van der Waals surface area contributed by atoms with Crippen LogP contribution in [0.4, 0.5) is 14.5 Å². The van der Waals surface area contributed by atoms with Crippen LogP contribution in [0.5, 0.6) is 0 Å². The molecule has 2 aromatic carbocycles. The number of carbonyl (C=O) groups excluding carboxylic acids is 1. The summed E-state index contributed by atoms with van der Waals surface area (Å²) in [5.41, 5.74) is 3.13. The lowest BCUT2D eigenvalue weighted by molar-refractivity contribution is -0.130. The predicted octanol–water partition coefficient (Wildman–Crippen LogP) is 3.65. The highest BCUT2D eigenvalue weighted by Gasteiger charge is 2.24. The van der Waals surface area contributed by atoms with Gasteiger partial charge in [-0.3, -0.25) is 4.79 Å². The first-order chi connectivity index (χ1) is 13.0. The second-order valence-corrected chi connectivity index (χ2v) is 6.91. The summed E-state index contributed by atoms with van der Waals surface area (Å²) >= 11 is 0. The van der Waals surface area contributed by atoms with Gasteiger partial charge in [-0.2, -0.15) is 0 Å². The lowest BCUT2D eigenvalue weighted by Gasteiger charge is -2.36. The number of para-hydroxylation sites is 1. The van der Waals surface area contributed by atoms with Crippen LogP contribution in [-0.2, 0) is 11.2 Å². The Labute approximate surface area is 156 Å². The number of hydrogen-bond acceptors (Lipinski definition) is 2. The number of fused-ring (bicyclic) bond motifs is 1. The minimum absolute atomic E-state index is 0.0106. The Kier molecular flexibility index (Phi) is 4.56. The van der Waals surface area contributed by atoms with Gasteiger partial charge in [-0.15, -0.1) is 0 Å². The zero-order valence-corrected chi connectivity index (χ0v) is 15.1. The van der Waals surface area contributed by atoms with E-state index in [1.54, 1.807) is 23.1 Å². The van der Waals surface area contributed by atoms with Gasteiger partial charge < -0.3 is 14.8 Å². The average molecular weight is 369 g/mol. The van der Waals surface area contributed by atoms with E-state index in [0.29, 0.717) is 31.9 Å². The molecule has 1 aromatic heterocycles. The van der Waals surface area contributed by atoms with E-state index < -0.39 is 0 Å². The SMILES string of the molecule is Cc1[nH]c2ccc(F)cc2c1CC(=O)N1CCN(c2ccccc2F)CC1. The number of aromatic amines is 1. The van der Waals surface area contributed by atoms with E-state index in [0.717, 1.165) is 22.2 Å². The second-order valence-electron chi connectivity index (χ2n) is 6.91. The van der Waals surface area contributed by atoms with Crippen molar-refractivity contribution in [3.05, 3.63) is 65.4 Å². The molecule has 0 radical (unpaired) electrons. The monoisotopic (exact) mass is 369 g/mol.